The quantitative estimate of drug-likeness (QED) is 0.555. The highest BCUT2D eigenvalue weighted by molar-refractivity contribution is 6.33. The summed E-state index contributed by atoms with van der Waals surface area (Å²) in [4.78, 5) is 0. The van der Waals surface area contributed by atoms with Crippen LogP contribution in [-0.2, 0) is 6.42 Å². The molecule has 14 heavy (non-hydrogen) atoms. The van der Waals surface area contributed by atoms with Gasteiger partial charge in [0.2, 0.25) is 0 Å². The van der Waals surface area contributed by atoms with Crippen molar-refractivity contribution in [2.45, 2.75) is 13.3 Å². The van der Waals surface area contributed by atoms with Crippen LogP contribution in [0.3, 0.4) is 0 Å². The van der Waals surface area contributed by atoms with Gasteiger partial charge in [0.05, 0.1) is 0 Å². The fourth-order valence-corrected chi connectivity index (χ4v) is 1.16. The maximum absolute atomic E-state index is 8.54. The van der Waals surface area contributed by atoms with Gasteiger partial charge in [0.25, 0.3) is 0 Å². The van der Waals surface area contributed by atoms with Gasteiger partial charge in [-0.2, -0.15) is 0 Å². The molecule has 1 aromatic rings. The minimum atomic E-state index is -1.76. The van der Waals surface area contributed by atoms with Crippen molar-refractivity contribution in [1.82, 2.24) is 0 Å². The summed E-state index contributed by atoms with van der Waals surface area (Å²) in [5.41, 5.74) is 2.21. The predicted octanol–water partition coefficient (Wildman–Crippen LogP) is 1.15. The van der Waals surface area contributed by atoms with E-state index in [9.17, 15) is 0 Å². The average Bonchev–Trinajstić information content (AvgIpc) is 2.06. The van der Waals surface area contributed by atoms with Gasteiger partial charge in [0.15, 0.2) is 0 Å². The van der Waals surface area contributed by atoms with Crippen molar-refractivity contribution in [2.24, 2.45) is 0 Å². The van der Waals surface area contributed by atoms with E-state index in [1.165, 1.54) is 0 Å². The Kier molecular flexibility index (Phi) is 3.74. The molecule has 1 rings (SSSR count). The molecule has 0 bridgehead atoms. The number of rotatable bonds is 4. The molecule has 0 radical (unpaired) electrons. The maximum Gasteiger partial charge on any atom is 0.707 e. The molecule has 0 spiro atoms. The fraction of sp³-hybridized carbons (Fsp3) is 0.200. The first-order chi connectivity index (χ1) is 6.58. The molecule has 2 N–H and O–H groups in total. The van der Waals surface area contributed by atoms with Crippen LogP contribution in [0.5, 0.6) is 5.75 Å². The SMILES string of the molecule is C=C(C)Cc1ccc(OB(O)O)cc1. The number of benzene rings is 1. The van der Waals surface area contributed by atoms with E-state index in [0.717, 1.165) is 17.6 Å². The van der Waals surface area contributed by atoms with Gasteiger partial charge >= 0.3 is 7.32 Å². The van der Waals surface area contributed by atoms with Gasteiger partial charge in [-0.05, 0) is 31.0 Å². The second-order valence-corrected chi connectivity index (χ2v) is 3.22. The third kappa shape index (κ3) is 3.64. The van der Waals surface area contributed by atoms with Crippen LogP contribution in [0.25, 0.3) is 0 Å². The Hall–Kier alpha value is -1.26. The standard InChI is InChI=1S/C10H13BO3/c1-8(2)7-9-3-5-10(6-4-9)14-11(12)13/h3-6,12-13H,1,7H2,2H3. The zero-order valence-electron chi connectivity index (χ0n) is 8.10. The maximum atomic E-state index is 8.54. The first-order valence-electron chi connectivity index (χ1n) is 4.34. The Morgan fingerprint density at radius 1 is 1.36 bits per heavy atom. The fourth-order valence-electron chi connectivity index (χ4n) is 1.16. The molecule has 0 aliphatic heterocycles. The van der Waals surface area contributed by atoms with Gasteiger partial charge in [-0.1, -0.05) is 24.3 Å². The highest BCUT2D eigenvalue weighted by Crippen LogP contribution is 2.14. The normalized spacial score (nSPS) is 9.64. The Morgan fingerprint density at radius 3 is 2.36 bits per heavy atom. The molecule has 1 aromatic carbocycles. The lowest BCUT2D eigenvalue weighted by Crippen LogP contribution is -2.20. The summed E-state index contributed by atoms with van der Waals surface area (Å²) in [6.07, 6.45) is 0.821. The van der Waals surface area contributed by atoms with E-state index in [1.54, 1.807) is 12.1 Å². The van der Waals surface area contributed by atoms with Crippen LogP contribution < -0.4 is 4.65 Å². The molecule has 0 saturated heterocycles. The summed E-state index contributed by atoms with van der Waals surface area (Å²) in [7, 11) is -1.76. The van der Waals surface area contributed by atoms with Gasteiger partial charge in [-0.3, -0.25) is 0 Å². The minimum absolute atomic E-state index is 0.436. The number of hydrogen-bond donors (Lipinski definition) is 2. The molecule has 0 aromatic heterocycles. The van der Waals surface area contributed by atoms with Crippen LogP contribution in [0.15, 0.2) is 36.4 Å². The lowest BCUT2D eigenvalue weighted by molar-refractivity contribution is 0.288. The largest absolute Gasteiger partial charge is 0.707 e. The van der Waals surface area contributed by atoms with E-state index >= 15 is 0 Å². The Bertz CT molecular complexity index is 306. The highest BCUT2D eigenvalue weighted by atomic mass is 16.6. The molecular weight excluding hydrogens is 179 g/mol. The predicted molar refractivity (Wildman–Crippen MR) is 55.8 cm³/mol. The smallest absolute Gasteiger partial charge is 0.512 e. The van der Waals surface area contributed by atoms with Gasteiger partial charge in [-0.15, -0.1) is 0 Å². The van der Waals surface area contributed by atoms with Crippen molar-refractivity contribution >= 4 is 7.32 Å². The Morgan fingerprint density at radius 2 is 1.93 bits per heavy atom. The van der Waals surface area contributed by atoms with E-state index in [0.29, 0.717) is 5.75 Å². The molecule has 0 saturated carbocycles. The van der Waals surface area contributed by atoms with Gasteiger partial charge < -0.3 is 14.7 Å². The van der Waals surface area contributed by atoms with E-state index in [-0.39, 0.29) is 0 Å². The summed E-state index contributed by atoms with van der Waals surface area (Å²) in [5, 5.41) is 17.1. The van der Waals surface area contributed by atoms with E-state index in [1.807, 2.05) is 19.1 Å². The summed E-state index contributed by atoms with van der Waals surface area (Å²) < 4.78 is 4.66. The molecule has 0 heterocycles. The molecule has 0 fully saturated rings. The molecule has 0 atom stereocenters. The average molecular weight is 192 g/mol. The molecule has 0 aliphatic carbocycles. The topological polar surface area (TPSA) is 49.7 Å². The number of hydrogen-bond acceptors (Lipinski definition) is 3. The molecule has 0 aliphatic rings. The van der Waals surface area contributed by atoms with Crippen LogP contribution in [0, 0.1) is 0 Å². The van der Waals surface area contributed by atoms with Gasteiger partial charge in [0, 0.05) is 0 Å². The van der Waals surface area contributed by atoms with Gasteiger partial charge in [-0.25, -0.2) is 0 Å². The van der Waals surface area contributed by atoms with Gasteiger partial charge in [0.1, 0.15) is 5.75 Å². The Balaban J connectivity index is 2.63. The zero-order valence-corrected chi connectivity index (χ0v) is 8.10. The zero-order chi connectivity index (χ0) is 10.6. The van der Waals surface area contributed by atoms with Crippen LogP contribution in [0.2, 0.25) is 0 Å². The number of allylic oxidation sites excluding steroid dienone is 1. The summed E-state index contributed by atoms with van der Waals surface area (Å²) in [5.74, 6) is 0.436. The molecule has 0 amide bonds. The lowest BCUT2D eigenvalue weighted by Gasteiger charge is -2.05. The molecule has 74 valence electrons. The van der Waals surface area contributed by atoms with Crippen molar-refractivity contribution in [1.29, 1.82) is 0 Å². The van der Waals surface area contributed by atoms with Crippen LogP contribution in [-0.4, -0.2) is 17.4 Å². The summed E-state index contributed by atoms with van der Waals surface area (Å²) in [6.45, 7) is 5.77. The monoisotopic (exact) mass is 192 g/mol. The molecular formula is C10H13BO3. The van der Waals surface area contributed by atoms with Crippen molar-refractivity contribution in [3.05, 3.63) is 42.0 Å². The summed E-state index contributed by atoms with van der Waals surface area (Å²) >= 11 is 0. The summed E-state index contributed by atoms with van der Waals surface area (Å²) in [6, 6.07) is 7.12. The van der Waals surface area contributed by atoms with Crippen molar-refractivity contribution in [3.8, 4) is 5.75 Å². The Labute approximate surface area is 83.8 Å². The van der Waals surface area contributed by atoms with E-state index in [2.05, 4.69) is 11.2 Å². The highest BCUT2D eigenvalue weighted by Gasteiger charge is 2.10. The third-order valence-corrected chi connectivity index (χ3v) is 1.67. The lowest BCUT2D eigenvalue weighted by atomic mass is 10.1. The van der Waals surface area contributed by atoms with E-state index in [4.69, 9.17) is 10.0 Å². The van der Waals surface area contributed by atoms with Crippen molar-refractivity contribution < 1.29 is 14.7 Å². The van der Waals surface area contributed by atoms with Crippen LogP contribution in [0.4, 0.5) is 0 Å². The molecule has 3 nitrogen and oxygen atoms in total. The first-order valence-corrected chi connectivity index (χ1v) is 4.34. The van der Waals surface area contributed by atoms with Crippen molar-refractivity contribution in [2.75, 3.05) is 0 Å². The second kappa shape index (κ2) is 4.84. The molecule has 4 heteroatoms. The second-order valence-electron chi connectivity index (χ2n) is 3.22. The molecule has 0 unspecified atom stereocenters. The first kappa shape index (κ1) is 10.8. The van der Waals surface area contributed by atoms with Crippen molar-refractivity contribution in [3.63, 3.8) is 0 Å². The van der Waals surface area contributed by atoms with E-state index < -0.39 is 7.32 Å². The third-order valence-electron chi connectivity index (χ3n) is 1.67. The van der Waals surface area contributed by atoms with Crippen LogP contribution >= 0.6 is 0 Å². The minimum Gasteiger partial charge on any atom is -0.512 e. The van der Waals surface area contributed by atoms with Crippen LogP contribution in [0.1, 0.15) is 12.5 Å².